The lowest BCUT2D eigenvalue weighted by Gasteiger charge is -2.10. The number of urea groups is 1. The van der Waals surface area contributed by atoms with Gasteiger partial charge in [-0.15, -0.1) is 0 Å². The van der Waals surface area contributed by atoms with Gasteiger partial charge in [0, 0.05) is 23.3 Å². The molecule has 0 saturated carbocycles. The fraction of sp³-hybridized carbons (Fsp3) is 0.0526. The topological polar surface area (TPSA) is 96.0 Å². The minimum Gasteiger partial charge on any atom is -0.321 e. The summed E-state index contributed by atoms with van der Waals surface area (Å²) in [6, 6.07) is 15.6. The normalized spacial score (nSPS) is 10.0. The average molecular weight is 347 g/mol. The van der Waals surface area contributed by atoms with Crippen molar-refractivity contribution in [3.63, 3.8) is 0 Å². The molecular weight excluding hydrogens is 330 g/mol. The fourth-order valence-electron chi connectivity index (χ4n) is 2.19. The zero-order chi connectivity index (χ0) is 18.4. The Balaban J connectivity index is 1.63. The summed E-state index contributed by atoms with van der Waals surface area (Å²) in [5, 5.41) is 8.18. The molecule has 0 aliphatic carbocycles. The van der Waals surface area contributed by atoms with Crippen molar-refractivity contribution in [3.8, 4) is 0 Å². The van der Waals surface area contributed by atoms with Crippen LogP contribution in [0, 0.1) is 6.92 Å². The highest BCUT2D eigenvalue weighted by molar-refractivity contribution is 6.03. The van der Waals surface area contributed by atoms with E-state index in [1.807, 2.05) is 18.2 Å². The predicted octanol–water partition coefficient (Wildman–Crippen LogP) is 3.68. The second-order valence-corrected chi connectivity index (χ2v) is 5.52. The van der Waals surface area contributed by atoms with Crippen LogP contribution in [-0.2, 0) is 0 Å². The second-order valence-electron chi connectivity index (χ2n) is 5.52. The van der Waals surface area contributed by atoms with E-state index < -0.39 is 0 Å². The molecule has 0 fully saturated rings. The summed E-state index contributed by atoms with van der Waals surface area (Å²) in [6.45, 7) is 1.80. The van der Waals surface area contributed by atoms with Crippen LogP contribution in [0.1, 0.15) is 16.2 Å². The number of hydrogen-bond donors (Lipinski definition) is 3. The van der Waals surface area contributed by atoms with Gasteiger partial charge in [0.2, 0.25) is 0 Å². The third-order valence-corrected chi connectivity index (χ3v) is 3.42. The van der Waals surface area contributed by atoms with Gasteiger partial charge in [-0.1, -0.05) is 24.3 Å². The van der Waals surface area contributed by atoms with Crippen LogP contribution in [0.15, 0.2) is 67.0 Å². The lowest BCUT2D eigenvalue weighted by Crippen LogP contribution is -2.19. The van der Waals surface area contributed by atoms with E-state index in [0.29, 0.717) is 17.1 Å². The Morgan fingerprint density at radius 1 is 0.769 bits per heavy atom. The predicted molar refractivity (Wildman–Crippen MR) is 100 cm³/mol. The van der Waals surface area contributed by atoms with E-state index in [9.17, 15) is 9.59 Å². The van der Waals surface area contributed by atoms with Gasteiger partial charge < -0.3 is 16.0 Å². The lowest BCUT2D eigenvalue weighted by atomic mass is 10.2. The van der Waals surface area contributed by atoms with E-state index in [1.54, 1.807) is 43.3 Å². The Morgan fingerprint density at radius 2 is 1.42 bits per heavy atom. The summed E-state index contributed by atoms with van der Waals surface area (Å²) >= 11 is 0. The zero-order valence-electron chi connectivity index (χ0n) is 14.1. The molecular formula is C19H17N5O2. The molecule has 3 amide bonds. The molecule has 0 radical (unpaired) electrons. The van der Waals surface area contributed by atoms with E-state index in [4.69, 9.17) is 0 Å². The first-order chi connectivity index (χ1) is 12.6. The lowest BCUT2D eigenvalue weighted by molar-refractivity contribution is 0.102. The third-order valence-electron chi connectivity index (χ3n) is 3.42. The third kappa shape index (κ3) is 4.64. The largest absolute Gasteiger partial charge is 0.323 e. The van der Waals surface area contributed by atoms with Gasteiger partial charge in [-0.05, 0) is 37.3 Å². The molecule has 0 saturated heterocycles. The SMILES string of the molecule is Cc1cnc(C(=O)Nc2cccc(NC(=O)Nc3ccccc3)c2)cn1. The monoisotopic (exact) mass is 347 g/mol. The Morgan fingerprint density at radius 3 is 2.12 bits per heavy atom. The van der Waals surface area contributed by atoms with Crippen LogP contribution in [-0.4, -0.2) is 21.9 Å². The van der Waals surface area contributed by atoms with Gasteiger partial charge in [-0.3, -0.25) is 9.78 Å². The minimum atomic E-state index is -0.372. The van der Waals surface area contributed by atoms with Crippen LogP contribution in [0.4, 0.5) is 21.9 Å². The number of rotatable bonds is 4. The van der Waals surface area contributed by atoms with Gasteiger partial charge in [0.05, 0.1) is 11.9 Å². The highest BCUT2D eigenvalue weighted by Gasteiger charge is 2.09. The Hall–Kier alpha value is -3.74. The first-order valence-corrected chi connectivity index (χ1v) is 7.93. The van der Waals surface area contributed by atoms with Crippen molar-refractivity contribution in [1.82, 2.24) is 9.97 Å². The molecule has 3 N–H and O–H groups in total. The van der Waals surface area contributed by atoms with E-state index in [1.165, 1.54) is 12.4 Å². The highest BCUT2D eigenvalue weighted by atomic mass is 16.2. The number of amides is 3. The van der Waals surface area contributed by atoms with Crippen molar-refractivity contribution < 1.29 is 9.59 Å². The van der Waals surface area contributed by atoms with Gasteiger partial charge >= 0.3 is 6.03 Å². The van der Waals surface area contributed by atoms with Crippen molar-refractivity contribution in [2.45, 2.75) is 6.92 Å². The van der Waals surface area contributed by atoms with Gasteiger partial charge in [0.15, 0.2) is 0 Å². The van der Waals surface area contributed by atoms with Crippen LogP contribution in [0.2, 0.25) is 0 Å². The summed E-state index contributed by atoms with van der Waals surface area (Å²) in [5.74, 6) is -0.372. The minimum absolute atomic E-state index is 0.218. The van der Waals surface area contributed by atoms with Crippen LogP contribution >= 0.6 is 0 Å². The molecule has 0 atom stereocenters. The summed E-state index contributed by atoms with van der Waals surface area (Å²) < 4.78 is 0. The molecule has 3 aromatic rings. The zero-order valence-corrected chi connectivity index (χ0v) is 14.1. The smallest absolute Gasteiger partial charge is 0.321 e. The van der Waals surface area contributed by atoms with Gasteiger partial charge in [0.25, 0.3) is 5.91 Å². The molecule has 0 aliphatic heterocycles. The number of para-hydroxylation sites is 1. The summed E-state index contributed by atoms with van der Waals surface area (Å²) in [4.78, 5) is 32.3. The summed E-state index contributed by atoms with van der Waals surface area (Å²) in [7, 11) is 0. The first-order valence-electron chi connectivity index (χ1n) is 7.93. The highest BCUT2D eigenvalue weighted by Crippen LogP contribution is 2.16. The summed E-state index contributed by atoms with van der Waals surface area (Å²) in [6.07, 6.45) is 2.95. The van der Waals surface area contributed by atoms with Crippen LogP contribution in [0.25, 0.3) is 0 Å². The average Bonchev–Trinajstić information content (AvgIpc) is 2.63. The van der Waals surface area contributed by atoms with E-state index in [2.05, 4.69) is 25.9 Å². The number of aromatic nitrogens is 2. The molecule has 0 bridgehead atoms. The Kier molecular flexibility index (Phi) is 5.19. The number of nitrogens with zero attached hydrogens (tertiary/aromatic N) is 2. The number of benzene rings is 2. The van der Waals surface area contributed by atoms with Crippen LogP contribution in [0.3, 0.4) is 0 Å². The van der Waals surface area contributed by atoms with Crippen molar-refractivity contribution >= 4 is 29.0 Å². The van der Waals surface area contributed by atoms with Crippen LogP contribution in [0.5, 0.6) is 0 Å². The van der Waals surface area contributed by atoms with Gasteiger partial charge in [0.1, 0.15) is 5.69 Å². The van der Waals surface area contributed by atoms with Crippen molar-refractivity contribution in [1.29, 1.82) is 0 Å². The molecule has 0 unspecified atom stereocenters. The molecule has 1 heterocycles. The van der Waals surface area contributed by atoms with Crippen molar-refractivity contribution in [2.24, 2.45) is 0 Å². The number of carbonyl (C=O) groups is 2. The van der Waals surface area contributed by atoms with E-state index >= 15 is 0 Å². The Bertz CT molecular complexity index is 911. The maximum Gasteiger partial charge on any atom is 0.323 e. The molecule has 7 nitrogen and oxygen atoms in total. The van der Waals surface area contributed by atoms with Crippen molar-refractivity contribution in [2.75, 3.05) is 16.0 Å². The quantitative estimate of drug-likeness (QED) is 0.671. The van der Waals surface area contributed by atoms with E-state index in [0.717, 1.165) is 5.69 Å². The summed E-state index contributed by atoms with van der Waals surface area (Å²) in [5.41, 5.74) is 2.72. The standard InChI is InChI=1S/C19H17N5O2/c1-13-11-21-17(12-20-13)18(25)22-15-8-5-9-16(10-15)24-19(26)23-14-6-3-2-4-7-14/h2-12H,1H3,(H,22,25)(H2,23,24,26). The first kappa shape index (κ1) is 17.1. The number of anilines is 3. The molecule has 3 rings (SSSR count). The second kappa shape index (κ2) is 7.89. The molecule has 2 aromatic carbocycles. The molecule has 0 spiro atoms. The Labute approximate surface area is 150 Å². The number of hydrogen-bond acceptors (Lipinski definition) is 4. The molecule has 7 heteroatoms. The number of aryl methyl sites for hydroxylation is 1. The van der Waals surface area contributed by atoms with Crippen molar-refractivity contribution in [3.05, 3.63) is 78.4 Å². The molecule has 0 aliphatic rings. The fourth-order valence-corrected chi connectivity index (χ4v) is 2.19. The van der Waals surface area contributed by atoms with Crippen LogP contribution < -0.4 is 16.0 Å². The van der Waals surface area contributed by atoms with Gasteiger partial charge in [-0.2, -0.15) is 0 Å². The number of carbonyl (C=O) groups excluding carboxylic acids is 2. The maximum absolute atomic E-state index is 12.2. The maximum atomic E-state index is 12.2. The molecule has 130 valence electrons. The molecule has 1 aromatic heterocycles. The molecule has 26 heavy (non-hydrogen) atoms. The van der Waals surface area contributed by atoms with E-state index in [-0.39, 0.29) is 17.6 Å². The number of nitrogens with one attached hydrogen (secondary N) is 3. The van der Waals surface area contributed by atoms with Gasteiger partial charge in [-0.25, -0.2) is 9.78 Å².